The minimum atomic E-state index is -0.278. The highest BCUT2D eigenvalue weighted by Crippen LogP contribution is 2.02. The highest BCUT2D eigenvalue weighted by molar-refractivity contribution is 5.53. The van der Waals surface area contributed by atoms with Gasteiger partial charge in [0.15, 0.2) is 0 Å². The van der Waals surface area contributed by atoms with E-state index in [1.807, 2.05) is 6.08 Å². The van der Waals surface area contributed by atoms with E-state index in [1.54, 1.807) is 18.3 Å². The fourth-order valence-corrected chi connectivity index (χ4v) is 0.909. The number of aromatic nitrogens is 1. The van der Waals surface area contributed by atoms with Gasteiger partial charge in [-0.3, -0.25) is 4.79 Å². The Labute approximate surface area is 75.7 Å². The zero-order chi connectivity index (χ0) is 9.68. The van der Waals surface area contributed by atoms with Gasteiger partial charge in [-0.2, -0.15) is 0 Å². The summed E-state index contributed by atoms with van der Waals surface area (Å²) in [6, 6.07) is 1.59. The van der Waals surface area contributed by atoms with E-state index in [0.717, 1.165) is 5.56 Å². The molecule has 0 saturated heterocycles. The molecule has 0 saturated carbocycles. The second-order valence-electron chi connectivity index (χ2n) is 2.63. The van der Waals surface area contributed by atoms with Crippen LogP contribution < -0.4 is 11.3 Å². The van der Waals surface area contributed by atoms with Crippen molar-refractivity contribution in [2.45, 2.75) is 6.42 Å². The van der Waals surface area contributed by atoms with E-state index in [2.05, 4.69) is 4.98 Å². The van der Waals surface area contributed by atoms with Crippen LogP contribution in [0.15, 0.2) is 23.1 Å². The van der Waals surface area contributed by atoms with Crippen LogP contribution in [0.2, 0.25) is 0 Å². The molecule has 0 aliphatic heterocycles. The largest absolute Gasteiger partial charge is 0.396 e. The second kappa shape index (κ2) is 4.47. The quantitative estimate of drug-likeness (QED) is 0.628. The Morgan fingerprint density at radius 2 is 2.38 bits per heavy atom. The van der Waals surface area contributed by atoms with Crippen LogP contribution in [0, 0.1) is 0 Å². The number of nitrogen functional groups attached to an aromatic ring is 1. The average Bonchev–Trinajstić information content (AvgIpc) is 2.12. The number of aliphatic hydroxyl groups excluding tert-OH is 1. The molecule has 1 heterocycles. The van der Waals surface area contributed by atoms with Crippen LogP contribution in [0.3, 0.4) is 0 Å². The van der Waals surface area contributed by atoms with Gasteiger partial charge in [-0.05, 0) is 18.1 Å². The van der Waals surface area contributed by atoms with E-state index in [0.29, 0.717) is 6.42 Å². The van der Waals surface area contributed by atoms with Gasteiger partial charge in [0, 0.05) is 12.8 Å². The molecule has 0 fully saturated rings. The minimum absolute atomic E-state index is 0.120. The van der Waals surface area contributed by atoms with Gasteiger partial charge >= 0.3 is 0 Å². The van der Waals surface area contributed by atoms with Gasteiger partial charge in [0.25, 0.3) is 5.56 Å². The number of rotatable bonds is 3. The predicted molar refractivity (Wildman–Crippen MR) is 52.2 cm³/mol. The molecule has 4 heteroatoms. The number of nitrogens with one attached hydrogen (secondary N) is 1. The normalized spacial score (nSPS) is 10.8. The van der Waals surface area contributed by atoms with Gasteiger partial charge in [-0.15, -0.1) is 0 Å². The van der Waals surface area contributed by atoms with Crippen LogP contribution in [-0.4, -0.2) is 16.7 Å². The summed E-state index contributed by atoms with van der Waals surface area (Å²) >= 11 is 0. The van der Waals surface area contributed by atoms with Crippen molar-refractivity contribution in [1.82, 2.24) is 4.98 Å². The number of pyridine rings is 1. The summed E-state index contributed by atoms with van der Waals surface area (Å²) in [4.78, 5) is 13.4. The summed E-state index contributed by atoms with van der Waals surface area (Å²) < 4.78 is 0. The third kappa shape index (κ3) is 2.76. The number of aromatic amines is 1. The Bertz CT molecular complexity index is 355. The molecule has 1 rings (SSSR count). The lowest BCUT2D eigenvalue weighted by Crippen LogP contribution is -2.10. The molecule has 0 aliphatic rings. The monoisotopic (exact) mass is 180 g/mol. The molecule has 4 nitrogen and oxygen atoms in total. The van der Waals surface area contributed by atoms with Crippen molar-refractivity contribution in [2.75, 3.05) is 12.3 Å². The van der Waals surface area contributed by atoms with Crippen molar-refractivity contribution in [1.29, 1.82) is 0 Å². The number of aliphatic hydroxyl groups is 1. The molecule has 0 unspecified atom stereocenters. The van der Waals surface area contributed by atoms with Gasteiger partial charge in [-0.1, -0.05) is 12.2 Å². The molecular formula is C9H12N2O2. The smallest absolute Gasteiger partial charge is 0.271 e. The van der Waals surface area contributed by atoms with Gasteiger partial charge in [-0.25, -0.2) is 0 Å². The fraction of sp³-hybridized carbons (Fsp3) is 0.222. The third-order valence-corrected chi connectivity index (χ3v) is 1.56. The van der Waals surface area contributed by atoms with Gasteiger partial charge in [0.1, 0.15) is 0 Å². The Morgan fingerprint density at radius 3 is 3.00 bits per heavy atom. The lowest BCUT2D eigenvalue weighted by atomic mass is 10.2. The first-order valence-corrected chi connectivity index (χ1v) is 3.99. The third-order valence-electron chi connectivity index (χ3n) is 1.56. The van der Waals surface area contributed by atoms with Crippen LogP contribution in [0.25, 0.3) is 6.08 Å². The molecule has 0 spiro atoms. The van der Waals surface area contributed by atoms with E-state index < -0.39 is 0 Å². The first-order valence-electron chi connectivity index (χ1n) is 3.99. The van der Waals surface area contributed by atoms with Crippen LogP contribution >= 0.6 is 0 Å². The lowest BCUT2D eigenvalue weighted by Gasteiger charge is -1.94. The maximum atomic E-state index is 10.9. The molecule has 4 N–H and O–H groups in total. The Balaban J connectivity index is 2.79. The van der Waals surface area contributed by atoms with Crippen LogP contribution in [-0.2, 0) is 0 Å². The summed E-state index contributed by atoms with van der Waals surface area (Å²) in [7, 11) is 0. The number of H-pyrrole nitrogens is 1. The maximum absolute atomic E-state index is 10.9. The molecule has 0 amide bonds. The van der Waals surface area contributed by atoms with Crippen LogP contribution in [0.4, 0.5) is 5.69 Å². The Hall–Kier alpha value is -1.55. The number of nitrogens with two attached hydrogens (primary N) is 1. The van der Waals surface area contributed by atoms with Crippen molar-refractivity contribution in [3.05, 3.63) is 34.3 Å². The summed E-state index contributed by atoms with van der Waals surface area (Å²) in [6.45, 7) is 0.120. The molecule has 1 aromatic heterocycles. The average molecular weight is 180 g/mol. The summed E-state index contributed by atoms with van der Waals surface area (Å²) in [5.41, 5.74) is 6.14. The van der Waals surface area contributed by atoms with Gasteiger partial charge in [0.05, 0.1) is 5.69 Å². The standard InChI is InChI=1S/C9H12N2O2/c10-8-5-7(3-1-2-4-12)6-11-9(8)13/h1,3,5-6,12H,2,4,10H2,(H,11,13). The van der Waals surface area contributed by atoms with Crippen molar-refractivity contribution < 1.29 is 5.11 Å². The zero-order valence-corrected chi connectivity index (χ0v) is 7.16. The van der Waals surface area contributed by atoms with Crippen molar-refractivity contribution >= 4 is 11.8 Å². The van der Waals surface area contributed by atoms with E-state index in [9.17, 15) is 4.79 Å². The summed E-state index contributed by atoms with van der Waals surface area (Å²) in [5.74, 6) is 0. The van der Waals surface area contributed by atoms with Gasteiger partial charge < -0.3 is 15.8 Å². The van der Waals surface area contributed by atoms with Crippen molar-refractivity contribution in [2.24, 2.45) is 0 Å². The van der Waals surface area contributed by atoms with Crippen molar-refractivity contribution in [3.63, 3.8) is 0 Å². The highest BCUT2D eigenvalue weighted by Gasteiger charge is 1.92. The Morgan fingerprint density at radius 1 is 1.62 bits per heavy atom. The molecule has 1 aromatic rings. The van der Waals surface area contributed by atoms with Crippen LogP contribution in [0.5, 0.6) is 0 Å². The molecule has 13 heavy (non-hydrogen) atoms. The number of hydrogen-bond donors (Lipinski definition) is 3. The second-order valence-corrected chi connectivity index (χ2v) is 2.63. The number of hydrogen-bond acceptors (Lipinski definition) is 3. The van der Waals surface area contributed by atoms with Crippen LogP contribution in [0.1, 0.15) is 12.0 Å². The molecule has 0 aliphatic carbocycles. The number of anilines is 1. The van der Waals surface area contributed by atoms with E-state index in [-0.39, 0.29) is 17.9 Å². The van der Waals surface area contributed by atoms with E-state index >= 15 is 0 Å². The first-order chi connectivity index (χ1) is 6.24. The van der Waals surface area contributed by atoms with Crippen molar-refractivity contribution in [3.8, 4) is 0 Å². The van der Waals surface area contributed by atoms with E-state index in [4.69, 9.17) is 10.8 Å². The Kier molecular flexibility index (Phi) is 3.28. The molecule has 0 aromatic carbocycles. The SMILES string of the molecule is Nc1cc(C=CCCO)c[nH]c1=O. The molecule has 70 valence electrons. The first kappa shape index (κ1) is 9.54. The summed E-state index contributed by atoms with van der Waals surface area (Å²) in [5, 5.41) is 8.51. The fourth-order valence-electron chi connectivity index (χ4n) is 0.909. The molecule has 0 radical (unpaired) electrons. The minimum Gasteiger partial charge on any atom is -0.396 e. The predicted octanol–water partition coefficient (Wildman–Crippen LogP) is 0.353. The molecule has 0 bridgehead atoms. The highest BCUT2D eigenvalue weighted by atomic mass is 16.2. The maximum Gasteiger partial charge on any atom is 0.271 e. The van der Waals surface area contributed by atoms with Gasteiger partial charge in [0.2, 0.25) is 0 Å². The molecule has 0 atom stereocenters. The lowest BCUT2D eigenvalue weighted by molar-refractivity contribution is 0.303. The van der Waals surface area contributed by atoms with E-state index in [1.165, 1.54) is 0 Å². The topological polar surface area (TPSA) is 79.1 Å². The zero-order valence-electron chi connectivity index (χ0n) is 7.16. The summed E-state index contributed by atoms with van der Waals surface area (Å²) in [6.07, 6.45) is 5.78. The molecular weight excluding hydrogens is 168 g/mol.